The van der Waals surface area contributed by atoms with Crippen molar-refractivity contribution in [3.05, 3.63) is 77.0 Å². The lowest BCUT2D eigenvalue weighted by atomic mass is 10.1. The van der Waals surface area contributed by atoms with Crippen LogP contribution in [0.25, 0.3) is 22.3 Å². The molecule has 3 heterocycles. The second kappa shape index (κ2) is 6.14. The number of hydrogen-bond donors (Lipinski definition) is 1. The van der Waals surface area contributed by atoms with E-state index in [0.29, 0.717) is 5.69 Å². The van der Waals surface area contributed by atoms with E-state index in [-0.39, 0.29) is 11.6 Å². The van der Waals surface area contributed by atoms with Crippen molar-refractivity contribution in [1.82, 2.24) is 14.4 Å². The summed E-state index contributed by atoms with van der Waals surface area (Å²) in [6.07, 6.45) is 6.98. The van der Waals surface area contributed by atoms with Crippen LogP contribution >= 0.6 is 11.3 Å². The number of halogens is 1. The molecule has 0 saturated heterocycles. The summed E-state index contributed by atoms with van der Waals surface area (Å²) >= 11 is 1.57. The number of fused-ring (bicyclic) bond motifs is 1. The van der Waals surface area contributed by atoms with Gasteiger partial charge in [0, 0.05) is 22.8 Å². The number of benzene rings is 1. The number of allylic oxidation sites excluding steroid dienone is 1. The third-order valence-electron chi connectivity index (χ3n) is 3.85. The Balaban J connectivity index is 1.81. The van der Waals surface area contributed by atoms with Crippen LogP contribution in [0.4, 0.5) is 4.39 Å². The van der Waals surface area contributed by atoms with Crippen molar-refractivity contribution in [3.63, 3.8) is 0 Å². The maximum absolute atomic E-state index is 13.2. The number of rotatable bonds is 4. The molecule has 1 N–H and O–H groups in total. The van der Waals surface area contributed by atoms with E-state index < -0.39 is 0 Å². The van der Waals surface area contributed by atoms with Gasteiger partial charge >= 0.3 is 0 Å². The average Bonchev–Trinajstić information content (AvgIpc) is 3.30. The number of thiazole rings is 1. The number of aromatic amines is 1. The van der Waals surface area contributed by atoms with Gasteiger partial charge in [0.05, 0.1) is 17.1 Å². The van der Waals surface area contributed by atoms with Gasteiger partial charge in [-0.2, -0.15) is 0 Å². The van der Waals surface area contributed by atoms with Crippen molar-refractivity contribution in [2.24, 2.45) is 0 Å². The second-order valence-corrected chi connectivity index (χ2v) is 6.84. The third-order valence-corrected chi connectivity index (χ3v) is 4.75. The lowest BCUT2D eigenvalue weighted by Crippen LogP contribution is -1.94. The number of nitrogens with zero attached hydrogens (tertiary/aromatic N) is 2. The Morgan fingerprint density at radius 1 is 1.28 bits per heavy atom. The van der Waals surface area contributed by atoms with Gasteiger partial charge < -0.3 is 4.98 Å². The minimum absolute atomic E-state index is 0.114. The minimum Gasteiger partial charge on any atom is -0.359 e. The van der Waals surface area contributed by atoms with Crippen LogP contribution in [0.5, 0.6) is 0 Å². The van der Waals surface area contributed by atoms with Gasteiger partial charge in [-0.1, -0.05) is 0 Å². The first-order valence-electron chi connectivity index (χ1n) is 7.72. The van der Waals surface area contributed by atoms with Gasteiger partial charge in [0.25, 0.3) is 0 Å². The molecule has 0 unspecified atom stereocenters. The highest BCUT2D eigenvalue weighted by Gasteiger charge is 2.14. The molecule has 25 heavy (non-hydrogen) atoms. The zero-order chi connectivity index (χ0) is 17.4. The number of aromatic nitrogens is 3. The van der Waals surface area contributed by atoms with Crippen molar-refractivity contribution in [3.8, 4) is 11.3 Å². The second-order valence-electron chi connectivity index (χ2n) is 5.63. The van der Waals surface area contributed by atoms with Crippen LogP contribution in [-0.2, 0) is 0 Å². The SMILES string of the molecule is Cc1cn2c(C=CC(=O)c3ccc[nH]3)c(-c3ccc(F)cc3)nc2s1. The summed E-state index contributed by atoms with van der Waals surface area (Å²) in [5.41, 5.74) is 2.86. The molecule has 0 spiro atoms. The van der Waals surface area contributed by atoms with Gasteiger partial charge in [-0.25, -0.2) is 9.37 Å². The predicted octanol–water partition coefficient (Wildman–Crippen LogP) is 4.73. The normalized spacial score (nSPS) is 11.6. The lowest BCUT2D eigenvalue weighted by molar-refractivity contribution is 0.104. The van der Waals surface area contributed by atoms with Crippen LogP contribution in [0, 0.1) is 12.7 Å². The van der Waals surface area contributed by atoms with Gasteiger partial charge in [0.1, 0.15) is 5.82 Å². The number of aryl methyl sites for hydroxylation is 1. The predicted molar refractivity (Wildman–Crippen MR) is 97.4 cm³/mol. The molecule has 0 aliphatic heterocycles. The molecule has 0 radical (unpaired) electrons. The van der Waals surface area contributed by atoms with Crippen LogP contribution in [-0.4, -0.2) is 20.2 Å². The third kappa shape index (κ3) is 2.92. The highest BCUT2D eigenvalue weighted by Crippen LogP contribution is 2.29. The Hall–Kier alpha value is -2.99. The molecule has 0 aliphatic carbocycles. The van der Waals surface area contributed by atoms with E-state index in [1.54, 1.807) is 47.9 Å². The first kappa shape index (κ1) is 15.5. The van der Waals surface area contributed by atoms with E-state index in [1.807, 2.05) is 17.5 Å². The number of nitrogens with one attached hydrogen (secondary N) is 1. The maximum atomic E-state index is 13.2. The van der Waals surface area contributed by atoms with Crippen molar-refractivity contribution in [2.75, 3.05) is 0 Å². The molecule has 6 heteroatoms. The van der Waals surface area contributed by atoms with E-state index in [0.717, 1.165) is 26.8 Å². The first-order valence-corrected chi connectivity index (χ1v) is 8.54. The highest BCUT2D eigenvalue weighted by molar-refractivity contribution is 7.17. The van der Waals surface area contributed by atoms with E-state index in [9.17, 15) is 9.18 Å². The summed E-state index contributed by atoms with van der Waals surface area (Å²) in [4.78, 5) is 21.8. The highest BCUT2D eigenvalue weighted by atomic mass is 32.1. The van der Waals surface area contributed by atoms with Gasteiger partial charge in [0.2, 0.25) is 5.78 Å². The van der Waals surface area contributed by atoms with Crippen LogP contribution in [0.15, 0.2) is 54.9 Å². The van der Waals surface area contributed by atoms with Crippen molar-refractivity contribution in [1.29, 1.82) is 0 Å². The molecule has 0 saturated carbocycles. The smallest absolute Gasteiger partial charge is 0.202 e. The van der Waals surface area contributed by atoms with Crippen LogP contribution < -0.4 is 0 Å². The summed E-state index contributed by atoms with van der Waals surface area (Å²) in [6.45, 7) is 2.01. The zero-order valence-corrected chi connectivity index (χ0v) is 14.2. The fraction of sp³-hybridized carbons (Fsp3) is 0.0526. The summed E-state index contributed by atoms with van der Waals surface area (Å²) in [6, 6.07) is 9.72. The molecule has 3 aromatic heterocycles. The number of carbonyl (C=O) groups excluding carboxylic acids is 1. The Labute approximate surface area is 147 Å². The molecule has 0 atom stereocenters. The van der Waals surface area contributed by atoms with Crippen molar-refractivity contribution < 1.29 is 9.18 Å². The van der Waals surface area contributed by atoms with E-state index in [1.165, 1.54) is 18.2 Å². The molecular weight excluding hydrogens is 337 g/mol. The first-order chi connectivity index (χ1) is 12.1. The van der Waals surface area contributed by atoms with Crippen molar-refractivity contribution >= 4 is 28.2 Å². The number of hydrogen-bond acceptors (Lipinski definition) is 3. The molecular formula is C19H14FN3OS. The molecule has 4 nitrogen and oxygen atoms in total. The van der Waals surface area contributed by atoms with Crippen LogP contribution in [0.2, 0.25) is 0 Å². The van der Waals surface area contributed by atoms with Crippen LogP contribution in [0.3, 0.4) is 0 Å². The van der Waals surface area contributed by atoms with Gasteiger partial charge in [-0.3, -0.25) is 9.20 Å². The van der Waals surface area contributed by atoms with Gasteiger partial charge in [-0.05, 0) is 55.5 Å². The monoisotopic (exact) mass is 351 g/mol. The molecule has 1 aromatic carbocycles. The summed E-state index contributed by atoms with van der Waals surface area (Å²) in [5, 5.41) is 0. The largest absolute Gasteiger partial charge is 0.359 e. The summed E-state index contributed by atoms with van der Waals surface area (Å²) < 4.78 is 15.2. The zero-order valence-electron chi connectivity index (χ0n) is 13.4. The Kier molecular flexibility index (Phi) is 3.82. The van der Waals surface area contributed by atoms with Crippen molar-refractivity contribution in [2.45, 2.75) is 6.92 Å². The molecule has 4 rings (SSSR count). The standard InChI is InChI=1S/C19H14FN3OS/c1-12-11-23-16(8-9-17(24)15-3-2-10-21-15)18(22-19(23)25-12)13-4-6-14(20)7-5-13/h2-11,21H,1H3. The van der Waals surface area contributed by atoms with Crippen LogP contribution in [0.1, 0.15) is 21.1 Å². The summed E-state index contributed by atoms with van der Waals surface area (Å²) in [5.74, 6) is -0.406. The fourth-order valence-electron chi connectivity index (χ4n) is 2.68. The number of imidazole rings is 1. The lowest BCUT2D eigenvalue weighted by Gasteiger charge is -2.00. The van der Waals surface area contributed by atoms with E-state index in [2.05, 4.69) is 9.97 Å². The Morgan fingerprint density at radius 2 is 2.08 bits per heavy atom. The van der Waals surface area contributed by atoms with E-state index >= 15 is 0 Å². The number of carbonyl (C=O) groups is 1. The Morgan fingerprint density at radius 3 is 2.80 bits per heavy atom. The minimum atomic E-state index is -0.292. The summed E-state index contributed by atoms with van der Waals surface area (Å²) in [7, 11) is 0. The van der Waals surface area contributed by atoms with Gasteiger partial charge in [-0.15, -0.1) is 11.3 Å². The topological polar surface area (TPSA) is 50.2 Å². The quantitative estimate of drug-likeness (QED) is 0.427. The molecule has 124 valence electrons. The number of ketones is 1. The molecule has 4 aromatic rings. The molecule has 0 aliphatic rings. The fourth-order valence-corrected chi connectivity index (χ4v) is 3.51. The molecule has 0 bridgehead atoms. The maximum Gasteiger partial charge on any atom is 0.202 e. The van der Waals surface area contributed by atoms with E-state index in [4.69, 9.17) is 0 Å². The van der Waals surface area contributed by atoms with Gasteiger partial charge in [0.15, 0.2) is 4.96 Å². The Bertz CT molecular complexity index is 1070. The molecule has 0 amide bonds. The number of H-pyrrole nitrogens is 1. The molecule has 0 fully saturated rings. The average molecular weight is 351 g/mol.